The van der Waals surface area contributed by atoms with E-state index in [0.717, 1.165) is 19.3 Å². The smallest absolute Gasteiger partial charge is 0.315 e. The Hall–Kier alpha value is -1.82. The fourth-order valence-corrected chi connectivity index (χ4v) is 2.35. The molecular weight excluding hydrogens is 258 g/mol. The number of nitrogens with one attached hydrogen (secondary N) is 1. The third-order valence-electron chi connectivity index (χ3n) is 3.40. The summed E-state index contributed by atoms with van der Waals surface area (Å²) in [6, 6.07) is 5.65. The van der Waals surface area contributed by atoms with E-state index in [9.17, 15) is 15.2 Å². The monoisotopic (exact) mass is 279 g/mol. The zero-order valence-electron chi connectivity index (χ0n) is 11.7. The number of hydrogen-bond acceptors (Lipinski definition) is 5. The molecule has 0 unspecified atom stereocenters. The van der Waals surface area contributed by atoms with E-state index in [2.05, 4.69) is 5.32 Å². The molecule has 0 radical (unpaired) electrons. The predicted octanol–water partition coefficient (Wildman–Crippen LogP) is 2.38. The van der Waals surface area contributed by atoms with Gasteiger partial charge in [-0.15, -0.1) is 0 Å². The van der Waals surface area contributed by atoms with Crippen LogP contribution in [0, 0.1) is 10.1 Å². The van der Waals surface area contributed by atoms with Crippen molar-refractivity contribution in [2.75, 3.05) is 29.9 Å². The maximum atomic E-state index is 11.4. The highest BCUT2D eigenvalue weighted by atomic mass is 16.6. The molecule has 1 aliphatic carbocycles. The molecule has 1 aliphatic rings. The van der Waals surface area contributed by atoms with Gasteiger partial charge in [0.2, 0.25) is 0 Å². The third kappa shape index (κ3) is 3.19. The second-order valence-corrected chi connectivity index (χ2v) is 5.01. The first-order chi connectivity index (χ1) is 9.69. The summed E-state index contributed by atoms with van der Waals surface area (Å²) in [6.45, 7) is 3.15. The van der Waals surface area contributed by atoms with E-state index in [1.807, 2.05) is 17.9 Å². The van der Waals surface area contributed by atoms with Gasteiger partial charge in [0, 0.05) is 19.1 Å². The molecule has 2 rings (SSSR count). The lowest BCUT2D eigenvalue weighted by Gasteiger charge is -2.24. The summed E-state index contributed by atoms with van der Waals surface area (Å²) in [7, 11) is 0. The summed E-state index contributed by atoms with van der Waals surface area (Å²) in [5.74, 6) is 0. The predicted molar refractivity (Wildman–Crippen MR) is 79.3 cm³/mol. The average molecular weight is 279 g/mol. The summed E-state index contributed by atoms with van der Waals surface area (Å²) in [5.41, 5.74) is 1.27. The normalized spacial score (nSPS) is 14.1. The second-order valence-electron chi connectivity index (χ2n) is 5.01. The van der Waals surface area contributed by atoms with Gasteiger partial charge in [0.25, 0.3) is 0 Å². The van der Waals surface area contributed by atoms with Crippen LogP contribution in [0.5, 0.6) is 0 Å². The molecule has 0 aromatic heterocycles. The van der Waals surface area contributed by atoms with Gasteiger partial charge in [-0.05, 0) is 31.4 Å². The summed E-state index contributed by atoms with van der Waals surface area (Å²) in [5, 5.41) is 23.7. The molecule has 1 aromatic carbocycles. The molecule has 0 aliphatic heterocycles. The minimum Gasteiger partial charge on any atom is -0.395 e. The van der Waals surface area contributed by atoms with Crippen molar-refractivity contribution in [1.82, 2.24) is 0 Å². The Balaban J connectivity index is 2.37. The van der Waals surface area contributed by atoms with Crippen molar-refractivity contribution >= 4 is 17.1 Å². The lowest BCUT2D eigenvalue weighted by molar-refractivity contribution is -0.383. The standard InChI is InChI=1S/C14H21N3O3/c1-2-8-15-12-4-3-5-13(14(12)17(19)20)16(9-10-18)11-6-7-11/h3-5,11,15,18H,2,6-10H2,1H3. The van der Waals surface area contributed by atoms with Crippen LogP contribution in [0.3, 0.4) is 0 Å². The summed E-state index contributed by atoms with van der Waals surface area (Å²) in [6.07, 6.45) is 2.97. The fourth-order valence-electron chi connectivity index (χ4n) is 2.35. The molecule has 0 atom stereocenters. The van der Waals surface area contributed by atoms with Gasteiger partial charge in [-0.25, -0.2) is 0 Å². The molecule has 0 heterocycles. The van der Waals surface area contributed by atoms with E-state index >= 15 is 0 Å². The Morgan fingerprint density at radius 3 is 2.80 bits per heavy atom. The summed E-state index contributed by atoms with van der Waals surface area (Å²) < 4.78 is 0. The first-order valence-electron chi connectivity index (χ1n) is 7.07. The zero-order chi connectivity index (χ0) is 14.5. The van der Waals surface area contributed by atoms with Gasteiger partial charge in [-0.3, -0.25) is 10.1 Å². The molecule has 6 nitrogen and oxygen atoms in total. The van der Waals surface area contributed by atoms with Crippen molar-refractivity contribution in [1.29, 1.82) is 0 Å². The van der Waals surface area contributed by atoms with Gasteiger partial charge in [-0.1, -0.05) is 13.0 Å². The number of nitrogens with zero attached hydrogens (tertiary/aromatic N) is 2. The van der Waals surface area contributed by atoms with Crippen molar-refractivity contribution < 1.29 is 10.0 Å². The highest BCUT2D eigenvalue weighted by molar-refractivity contribution is 5.77. The van der Waals surface area contributed by atoms with E-state index in [0.29, 0.717) is 30.5 Å². The lowest BCUT2D eigenvalue weighted by atomic mass is 10.2. The molecule has 0 saturated heterocycles. The maximum Gasteiger partial charge on any atom is 0.315 e. The minimum absolute atomic E-state index is 0.000268. The van der Waals surface area contributed by atoms with Gasteiger partial charge in [-0.2, -0.15) is 0 Å². The van der Waals surface area contributed by atoms with Crippen LogP contribution in [0.1, 0.15) is 26.2 Å². The number of anilines is 2. The average Bonchev–Trinajstić information content (AvgIpc) is 3.26. The van der Waals surface area contributed by atoms with Gasteiger partial charge in [0.15, 0.2) is 0 Å². The molecule has 110 valence electrons. The fraction of sp³-hybridized carbons (Fsp3) is 0.571. The molecule has 20 heavy (non-hydrogen) atoms. The highest BCUT2D eigenvalue weighted by Crippen LogP contribution is 2.40. The van der Waals surface area contributed by atoms with Crippen LogP contribution in [-0.2, 0) is 0 Å². The molecule has 6 heteroatoms. The molecule has 1 aromatic rings. The number of aliphatic hydroxyl groups is 1. The maximum absolute atomic E-state index is 11.4. The largest absolute Gasteiger partial charge is 0.395 e. The topological polar surface area (TPSA) is 78.6 Å². The van der Waals surface area contributed by atoms with E-state index in [-0.39, 0.29) is 17.2 Å². The third-order valence-corrected chi connectivity index (χ3v) is 3.40. The van der Waals surface area contributed by atoms with Gasteiger partial charge < -0.3 is 15.3 Å². The first-order valence-corrected chi connectivity index (χ1v) is 7.07. The number of nitro groups is 1. The first kappa shape index (κ1) is 14.6. The van der Waals surface area contributed by atoms with Crippen molar-refractivity contribution in [2.45, 2.75) is 32.2 Å². The van der Waals surface area contributed by atoms with E-state index < -0.39 is 0 Å². The Bertz CT molecular complexity index is 475. The Morgan fingerprint density at radius 2 is 2.25 bits per heavy atom. The molecule has 1 saturated carbocycles. The number of benzene rings is 1. The number of rotatable bonds is 8. The van der Waals surface area contributed by atoms with Crippen LogP contribution in [0.25, 0.3) is 0 Å². The minimum atomic E-state index is -0.333. The van der Waals surface area contributed by atoms with Crippen LogP contribution < -0.4 is 10.2 Å². The van der Waals surface area contributed by atoms with E-state index in [1.54, 1.807) is 12.1 Å². The molecule has 0 amide bonds. The van der Waals surface area contributed by atoms with Crippen molar-refractivity contribution in [3.63, 3.8) is 0 Å². The van der Waals surface area contributed by atoms with Crippen LogP contribution >= 0.6 is 0 Å². The number of para-hydroxylation sites is 1. The Morgan fingerprint density at radius 1 is 1.50 bits per heavy atom. The van der Waals surface area contributed by atoms with E-state index in [4.69, 9.17) is 0 Å². The van der Waals surface area contributed by atoms with Crippen LogP contribution in [0.2, 0.25) is 0 Å². The number of aliphatic hydroxyl groups excluding tert-OH is 1. The van der Waals surface area contributed by atoms with Gasteiger partial charge in [0.1, 0.15) is 11.4 Å². The molecule has 0 bridgehead atoms. The molecular formula is C14H21N3O3. The zero-order valence-corrected chi connectivity index (χ0v) is 11.7. The Kier molecular flexibility index (Phi) is 4.79. The summed E-state index contributed by atoms with van der Waals surface area (Å²) in [4.78, 5) is 13.1. The molecule has 2 N–H and O–H groups in total. The van der Waals surface area contributed by atoms with Gasteiger partial charge >= 0.3 is 5.69 Å². The van der Waals surface area contributed by atoms with Crippen LogP contribution in [0.15, 0.2) is 18.2 Å². The van der Waals surface area contributed by atoms with Gasteiger partial charge in [0.05, 0.1) is 11.5 Å². The molecule has 1 fully saturated rings. The summed E-state index contributed by atoms with van der Waals surface area (Å²) >= 11 is 0. The van der Waals surface area contributed by atoms with Crippen LogP contribution in [0.4, 0.5) is 17.1 Å². The van der Waals surface area contributed by atoms with Crippen molar-refractivity contribution in [3.05, 3.63) is 28.3 Å². The van der Waals surface area contributed by atoms with Crippen LogP contribution in [-0.4, -0.2) is 35.8 Å². The number of hydrogen-bond donors (Lipinski definition) is 2. The second kappa shape index (κ2) is 6.56. The number of nitro benzene ring substituents is 1. The van der Waals surface area contributed by atoms with E-state index in [1.165, 1.54) is 0 Å². The van der Waals surface area contributed by atoms with Crippen molar-refractivity contribution in [2.24, 2.45) is 0 Å². The SMILES string of the molecule is CCCNc1cccc(N(CCO)C2CC2)c1[N+](=O)[O-]. The Labute approximate surface area is 118 Å². The van der Waals surface area contributed by atoms with Crippen molar-refractivity contribution in [3.8, 4) is 0 Å². The molecule has 0 spiro atoms. The highest BCUT2D eigenvalue weighted by Gasteiger charge is 2.33. The quantitative estimate of drug-likeness (QED) is 0.564. The lowest BCUT2D eigenvalue weighted by Crippen LogP contribution is -2.29.